The minimum Gasteiger partial charge on any atom is -0.389 e. The van der Waals surface area contributed by atoms with Crippen LogP contribution in [0.5, 0.6) is 0 Å². The summed E-state index contributed by atoms with van der Waals surface area (Å²) in [5.41, 5.74) is -0.428. The van der Waals surface area contributed by atoms with Crippen molar-refractivity contribution < 1.29 is 50.6 Å². The topological polar surface area (TPSA) is 212 Å². The molecule has 1 unspecified atom stereocenters. The number of aromatic nitrogens is 4. The van der Waals surface area contributed by atoms with Gasteiger partial charge in [-0.3, -0.25) is 29.2 Å². The van der Waals surface area contributed by atoms with E-state index in [-0.39, 0.29) is 105 Å². The average molecular weight is 939 g/mol. The van der Waals surface area contributed by atoms with Gasteiger partial charge in [0.2, 0.25) is 23.7 Å². The number of ether oxygens (including phenoxy) is 1. The molecule has 0 aliphatic carbocycles. The molecule has 5 aliphatic heterocycles. The van der Waals surface area contributed by atoms with Gasteiger partial charge in [-0.15, -0.1) is 0 Å². The lowest BCUT2D eigenvalue weighted by Gasteiger charge is -2.39. The molecule has 4 saturated heterocycles. The number of nitrogens with zero attached hydrogens (tertiary/aromatic N) is 8. The number of likely N-dealkylation sites (tertiary alicyclic amines) is 1. The van der Waals surface area contributed by atoms with Crippen LogP contribution in [0.15, 0.2) is 36.8 Å². The zero-order valence-corrected chi connectivity index (χ0v) is 37.5. The van der Waals surface area contributed by atoms with Crippen LogP contribution in [0.2, 0.25) is 0 Å². The van der Waals surface area contributed by atoms with Gasteiger partial charge in [-0.2, -0.15) is 35.3 Å². The molecule has 1 atom stereocenters. The van der Waals surface area contributed by atoms with E-state index in [1.54, 1.807) is 26.0 Å². The number of amides is 4. The molecule has 354 valence electrons. The first-order chi connectivity index (χ1) is 31.3. The first kappa shape index (κ1) is 47.0. The molecular formula is C44H53F3N10O8S. The van der Waals surface area contributed by atoms with Gasteiger partial charge in [0, 0.05) is 93.3 Å². The number of benzene rings is 1. The van der Waals surface area contributed by atoms with Crippen LogP contribution < -0.4 is 10.6 Å². The maximum Gasteiger partial charge on any atom is 0.419 e. The van der Waals surface area contributed by atoms with Gasteiger partial charge < -0.3 is 25.0 Å². The molecule has 0 spiro atoms. The fourth-order valence-corrected chi connectivity index (χ4v) is 10.9. The molecule has 3 aromatic rings. The van der Waals surface area contributed by atoms with Crippen LogP contribution in [0, 0.1) is 17.8 Å². The Balaban J connectivity index is 0.756. The van der Waals surface area contributed by atoms with E-state index in [1.165, 1.54) is 30.6 Å². The Morgan fingerprint density at radius 1 is 0.970 bits per heavy atom. The summed E-state index contributed by atoms with van der Waals surface area (Å²) in [6.07, 6.45) is 1.86. The van der Waals surface area contributed by atoms with Crippen molar-refractivity contribution in [2.75, 3.05) is 51.2 Å². The van der Waals surface area contributed by atoms with Gasteiger partial charge >= 0.3 is 6.18 Å². The van der Waals surface area contributed by atoms with Gasteiger partial charge in [-0.05, 0) is 82.6 Å². The first-order valence-electron chi connectivity index (χ1n) is 22.2. The van der Waals surface area contributed by atoms with Gasteiger partial charge in [0.1, 0.15) is 18.2 Å². The maximum absolute atomic E-state index is 14.0. The van der Waals surface area contributed by atoms with E-state index in [4.69, 9.17) is 4.74 Å². The van der Waals surface area contributed by atoms with Crippen LogP contribution in [0.1, 0.15) is 92.3 Å². The molecule has 0 radical (unpaired) electrons. The molecule has 0 saturated carbocycles. The Morgan fingerprint density at radius 2 is 1.67 bits per heavy atom. The van der Waals surface area contributed by atoms with Crippen molar-refractivity contribution >= 4 is 39.8 Å². The Kier molecular flexibility index (Phi) is 13.6. The molecule has 4 fully saturated rings. The van der Waals surface area contributed by atoms with Gasteiger partial charge in [0.05, 0.1) is 30.1 Å². The zero-order valence-electron chi connectivity index (χ0n) is 36.7. The third-order valence-corrected chi connectivity index (χ3v) is 14.7. The predicted molar refractivity (Wildman–Crippen MR) is 231 cm³/mol. The number of rotatable bonds is 11. The summed E-state index contributed by atoms with van der Waals surface area (Å²) < 4.78 is 79.4. The number of imide groups is 1. The van der Waals surface area contributed by atoms with Crippen molar-refractivity contribution in [3.8, 4) is 23.1 Å². The lowest BCUT2D eigenvalue weighted by Crippen LogP contribution is -2.52. The van der Waals surface area contributed by atoms with E-state index >= 15 is 0 Å². The van der Waals surface area contributed by atoms with Crippen LogP contribution in [-0.4, -0.2) is 145 Å². The van der Waals surface area contributed by atoms with Crippen molar-refractivity contribution in [3.63, 3.8) is 0 Å². The summed E-state index contributed by atoms with van der Waals surface area (Å²) in [7, 11) is -3.82. The average Bonchev–Trinajstić information content (AvgIpc) is 3.87. The van der Waals surface area contributed by atoms with Gasteiger partial charge in [-0.1, -0.05) is 11.8 Å². The minimum absolute atomic E-state index is 0.0139. The van der Waals surface area contributed by atoms with Crippen LogP contribution in [0.25, 0.3) is 11.3 Å². The normalized spacial score (nSPS) is 21.1. The monoisotopic (exact) mass is 938 g/mol. The second kappa shape index (κ2) is 19.0. The van der Waals surface area contributed by atoms with E-state index in [9.17, 15) is 45.9 Å². The smallest absolute Gasteiger partial charge is 0.389 e. The largest absolute Gasteiger partial charge is 0.419 e. The van der Waals surface area contributed by atoms with Crippen molar-refractivity contribution in [3.05, 3.63) is 59.0 Å². The van der Waals surface area contributed by atoms with Crippen LogP contribution in [0.3, 0.4) is 0 Å². The number of fused-ring (bicyclic) bond motifs is 1. The summed E-state index contributed by atoms with van der Waals surface area (Å²) in [5, 5.41) is 19.6. The molecule has 1 aromatic carbocycles. The highest BCUT2D eigenvalue weighted by Gasteiger charge is 2.41. The Labute approximate surface area is 380 Å². The number of nitrogens with one attached hydrogen (secondary N) is 2. The number of hydrogen-bond acceptors (Lipinski definition) is 12. The lowest BCUT2D eigenvalue weighted by molar-refractivity contribution is -0.139. The Bertz CT molecular complexity index is 2510. The van der Waals surface area contributed by atoms with Crippen LogP contribution in [0.4, 0.5) is 19.1 Å². The van der Waals surface area contributed by atoms with Crippen molar-refractivity contribution in [1.82, 2.24) is 43.5 Å². The SMILES string of the molecule is CC(C)(O)Cn1cc(-c2nc(NC3CCN(S(=O)(=O)N4CCC(C(=O)N5CCC(OCC#Cc6ccc7c(c6)CN(C6CCC(=O)NC6=O)C7=O)CC5)CC4)CC3)ncc2C(F)(F)F)cn1. The fourth-order valence-electron chi connectivity index (χ4n) is 9.21. The molecule has 8 rings (SSSR count). The van der Waals surface area contributed by atoms with E-state index in [1.807, 2.05) is 11.0 Å². The molecule has 7 heterocycles. The zero-order chi connectivity index (χ0) is 47.0. The number of anilines is 1. The van der Waals surface area contributed by atoms with E-state index in [0.29, 0.717) is 69.2 Å². The predicted octanol–water partition coefficient (Wildman–Crippen LogP) is 2.78. The minimum atomic E-state index is -4.73. The third kappa shape index (κ3) is 10.7. The second-order valence-corrected chi connectivity index (χ2v) is 20.0. The number of aliphatic hydroxyl groups is 1. The summed E-state index contributed by atoms with van der Waals surface area (Å²) in [5.74, 6) is 4.78. The number of carbonyl (C=O) groups excluding carboxylic acids is 4. The number of hydrogen-bond donors (Lipinski definition) is 3. The number of carbonyl (C=O) groups is 4. The Hall–Kier alpha value is -5.47. The molecule has 4 amide bonds. The third-order valence-electron chi connectivity index (χ3n) is 12.7. The van der Waals surface area contributed by atoms with Gasteiger partial charge in [0.15, 0.2) is 0 Å². The maximum atomic E-state index is 14.0. The number of alkyl halides is 3. The number of piperidine rings is 4. The fraction of sp³-hybridized carbons (Fsp3) is 0.568. The van der Waals surface area contributed by atoms with Crippen molar-refractivity contribution in [1.29, 1.82) is 0 Å². The first-order valence-corrected chi connectivity index (χ1v) is 23.6. The van der Waals surface area contributed by atoms with E-state index in [0.717, 1.165) is 11.8 Å². The molecule has 5 aliphatic rings. The molecule has 0 bridgehead atoms. The second-order valence-electron chi connectivity index (χ2n) is 18.1. The molecule has 66 heavy (non-hydrogen) atoms. The van der Waals surface area contributed by atoms with Crippen molar-refractivity contribution in [2.24, 2.45) is 5.92 Å². The molecule has 18 nitrogen and oxygen atoms in total. The number of halogens is 3. The highest BCUT2D eigenvalue weighted by atomic mass is 32.2. The van der Waals surface area contributed by atoms with Gasteiger partial charge in [0.25, 0.3) is 16.1 Å². The Morgan fingerprint density at radius 3 is 2.33 bits per heavy atom. The standard InChI is InChI=1S/C44H53F3N10O8S/c1-43(2,62)27-54-25-31(23-49-54)38-35(44(45,46)47)24-48-42(52-38)50-32-11-19-56(20-12-32)66(63,64)55-17-9-29(10-18-55)40(60)53-15-13-33(14-16-53)65-21-3-4-28-5-6-34-30(22-28)26-57(41(34)61)36-7-8-37(58)51-39(36)59/h5-6,22-25,29,32-33,36,62H,7-21,26-27H2,1-2H3,(H,48,50,52)(H,51,58,59). The molecule has 2 aromatic heterocycles. The highest BCUT2D eigenvalue weighted by Crippen LogP contribution is 2.37. The summed E-state index contributed by atoms with van der Waals surface area (Å²) in [4.78, 5) is 61.9. The molecule has 3 N–H and O–H groups in total. The quantitative estimate of drug-likeness (QED) is 0.187. The molecular weight excluding hydrogens is 886 g/mol. The van der Waals surface area contributed by atoms with Crippen molar-refractivity contribution in [2.45, 2.75) is 108 Å². The van der Waals surface area contributed by atoms with E-state index < -0.39 is 39.5 Å². The lowest BCUT2D eigenvalue weighted by atomic mass is 9.95. The summed E-state index contributed by atoms with van der Waals surface area (Å²) in [6.45, 7) is 5.46. The van der Waals surface area contributed by atoms with Crippen LogP contribution >= 0.6 is 0 Å². The van der Waals surface area contributed by atoms with Crippen LogP contribution in [-0.2, 0) is 48.6 Å². The van der Waals surface area contributed by atoms with Gasteiger partial charge in [-0.25, -0.2) is 9.97 Å². The summed E-state index contributed by atoms with van der Waals surface area (Å²) >= 11 is 0. The van der Waals surface area contributed by atoms with E-state index in [2.05, 4.69) is 37.5 Å². The molecule has 22 heteroatoms. The summed E-state index contributed by atoms with van der Waals surface area (Å²) in [6, 6.07) is 4.32. The highest BCUT2D eigenvalue weighted by molar-refractivity contribution is 7.86.